The number of nitrogens with zero attached hydrogens (tertiary/aromatic N) is 1. The van der Waals surface area contributed by atoms with Crippen molar-refractivity contribution in [1.82, 2.24) is 10.2 Å². The van der Waals surface area contributed by atoms with E-state index < -0.39 is 0 Å². The zero-order valence-corrected chi connectivity index (χ0v) is 8.81. The van der Waals surface area contributed by atoms with Gasteiger partial charge in [0.2, 0.25) is 0 Å². The van der Waals surface area contributed by atoms with Gasteiger partial charge >= 0.3 is 0 Å². The van der Waals surface area contributed by atoms with Crippen molar-refractivity contribution in [1.29, 1.82) is 0 Å². The van der Waals surface area contributed by atoms with Crippen molar-refractivity contribution in [3.8, 4) is 0 Å². The smallest absolute Gasteiger partial charge is 0.0271 e. The van der Waals surface area contributed by atoms with Crippen LogP contribution in [0.4, 0.5) is 0 Å². The second kappa shape index (κ2) is 6.03. The van der Waals surface area contributed by atoms with Gasteiger partial charge in [-0.1, -0.05) is 19.9 Å². The summed E-state index contributed by atoms with van der Waals surface area (Å²) in [5.41, 5.74) is 1.16. The van der Waals surface area contributed by atoms with Crippen LogP contribution in [-0.2, 0) is 0 Å². The average molecular weight is 182 g/mol. The zero-order valence-electron chi connectivity index (χ0n) is 8.81. The summed E-state index contributed by atoms with van der Waals surface area (Å²) in [6.07, 6.45) is 5.23. The molecule has 0 bridgehead atoms. The number of hydrogen-bond donors (Lipinski definition) is 1. The van der Waals surface area contributed by atoms with Crippen molar-refractivity contribution in [3.05, 3.63) is 12.3 Å². The van der Waals surface area contributed by atoms with Crippen molar-refractivity contribution in [2.45, 2.75) is 32.6 Å². The van der Waals surface area contributed by atoms with Gasteiger partial charge in [-0.2, -0.15) is 0 Å². The quantitative estimate of drug-likeness (QED) is 0.699. The highest BCUT2D eigenvalue weighted by Crippen LogP contribution is 2.07. The maximum Gasteiger partial charge on any atom is 0.0271 e. The van der Waals surface area contributed by atoms with Crippen LogP contribution in [0.15, 0.2) is 12.3 Å². The fourth-order valence-corrected chi connectivity index (χ4v) is 1.70. The molecular formula is C11H22N2. The number of hydrogen-bond acceptors (Lipinski definition) is 2. The Kier molecular flexibility index (Phi) is 4.91. The first-order valence-electron chi connectivity index (χ1n) is 5.47. The molecule has 0 aromatic carbocycles. The van der Waals surface area contributed by atoms with Gasteiger partial charge in [-0.25, -0.2) is 0 Å². The Morgan fingerprint density at radius 2 is 2.00 bits per heavy atom. The molecule has 0 amide bonds. The van der Waals surface area contributed by atoms with Gasteiger partial charge in [-0.15, -0.1) is 0 Å². The van der Waals surface area contributed by atoms with Crippen LogP contribution in [0.3, 0.4) is 0 Å². The fraction of sp³-hybridized carbons (Fsp3) is 0.818. The second-order valence-electron chi connectivity index (χ2n) is 3.79. The van der Waals surface area contributed by atoms with Gasteiger partial charge in [0.15, 0.2) is 0 Å². The van der Waals surface area contributed by atoms with Crippen LogP contribution in [0.25, 0.3) is 0 Å². The van der Waals surface area contributed by atoms with Gasteiger partial charge in [0.25, 0.3) is 0 Å². The van der Waals surface area contributed by atoms with Crippen LogP contribution in [0, 0.1) is 0 Å². The van der Waals surface area contributed by atoms with E-state index in [9.17, 15) is 0 Å². The van der Waals surface area contributed by atoms with Crippen molar-refractivity contribution in [2.24, 2.45) is 0 Å². The normalized spacial score (nSPS) is 18.5. The molecule has 0 aliphatic carbocycles. The van der Waals surface area contributed by atoms with Gasteiger partial charge in [0.05, 0.1) is 0 Å². The molecule has 0 aromatic heterocycles. The zero-order chi connectivity index (χ0) is 9.52. The van der Waals surface area contributed by atoms with Crippen LogP contribution in [0.2, 0.25) is 0 Å². The Bertz CT molecular complexity index is 148. The molecular weight excluding hydrogens is 160 g/mol. The van der Waals surface area contributed by atoms with E-state index in [1.165, 1.54) is 38.9 Å². The predicted octanol–water partition coefficient (Wildman–Crippen LogP) is 1.99. The SMILES string of the molecule is C=C(CC)NCCN1CCCCC1. The maximum atomic E-state index is 3.93. The van der Waals surface area contributed by atoms with Crippen molar-refractivity contribution >= 4 is 0 Å². The van der Waals surface area contributed by atoms with E-state index in [1.807, 2.05) is 0 Å². The molecule has 1 aliphatic rings. The Morgan fingerprint density at radius 1 is 1.31 bits per heavy atom. The minimum atomic E-state index is 1.04. The molecule has 1 rings (SSSR count). The third kappa shape index (κ3) is 4.32. The monoisotopic (exact) mass is 182 g/mol. The number of nitrogens with one attached hydrogen (secondary N) is 1. The van der Waals surface area contributed by atoms with E-state index in [-0.39, 0.29) is 0 Å². The molecule has 76 valence electrons. The van der Waals surface area contributed by atoms with Crippen molar-refractivity contribution in [2.75, 3.05) is 26.2 Å². The van der Waals surface area contributed by atoms with Gasteiger partial charge in [-0.05, 0) is 32.4 Å². The molecule has 1 saturated heterocycles. The first-order chi connectivity index (χ1) is 6.33. The summed E-state index contributed by atoms with van der Waals surface area (Å²) < 4.78 is 0. The fourth-order valence-electron chi connectivity index (χ4n) is 1.70. The van der Waals surface area contributed by atoms with Crippen LogP contribution in [0.5, 0.6) is 0 Å². The molecule has 0 spiro atoms. The molecule has 1 heterocycles. The molecule has 0 unspecified atom stereocenters. The van der Waals surface area contributed by atoms with E-state index >= 15 is 0 Å². The number of piperidine rings is 1. The standard InChI is InChI=1S/C11H22N2/c1-3-11(2)12-7-10-13-8-5-4-6-9-13/h12H,2-10H2,1H3. The minimum absolute atomic E-state index is 1.04. The summed E-state index contributed by atoms with van der Waals surface area (Å²) in [7, 11) is 0. The van der Waals surface area contributed by atoms with E-state index in [4.69, 9.17) is 0 Å². The molecule has 1 aliphatic heterocycles. The van der Waals surface area contributed by atoms with Gasteiger partial charge in [-0.3, -0.25) is 0 Å². The van der Waals surface area contributed by atoms with Crippen molar-refractivity contribution < 1.29 is 0 Å². The molecule has 1 N–H and O–H groups in total. The summed E-state index contributed by atoms with van der Waals surface area (Å²) in [4.78, 5) is 2.54. The first kappa shape index (κ1) is 10.6. The lowest BCUT2D eigenvalue weighted by Gasteiger charge is -2.26. The van der Waals surface area contributed by atoms with Crippen LogP contribution >= 0.6 is 0 Å². The lowest BCUT2D eigenvalue weighted by Crippen LogP contribution is -2.35. The summed E-state index contributed by atoms with van der Waals surface area (Å²) in [5, 5.41) is 3.34. The average Bonchev–Trinajstić information content (AvgIpc) is 2.19. The van der Waals surface area contributed by atoms with Crippen LogP contribution in [-0.4, -0.2) is 31.1 Å². The topological polar surface area (TPSA) is 15.3 Å². The van der Waals surface area contributed by atoms with E-state index in [0.717, 1.165) is 18.7 Å². The number of allylic oxidation sites excluding steroid dienone is 1. The Labute approximate surface area is 82.0 Å². The second-order valence-corrected chi connectivity index (χ2v) is 3.79. The van der Waals surface area contributed by atoms with Gasteiger partial charge in [0.1, 0.15) is 0 Å². The van der Waals surface area contributed by atoms with E-state index in [1.54, 1.807) is 0 Å². The highest BCUT2D eigenvalue weighted by Gasteiger charge is 2.08. The molecule has 13 heavy (non-hydrogen) atoms. The third-order valence-corrected chi connectivity index (χ3v) is 2.68. The minimum Gasteiger partial charge on any atom is -0.388 e. The Morgan fingerprint density at radius 3 is 2.62 bits per heavy atom. The number of likely N-dealkylation sites (tertiary alicyclic amines) is 1. The van der Waals surface area contributed by atoms with Gasteiger partial charge < -0.3 is 10.2 Å². The largest absolute Gasteiger partial charge is 0.388 e. The van der Waals surface area contributed by atoms with Crippen LogP contribution in [0.1, 0.15) is 32.6 Å². The van der Waals surface area contributed by atoms with Crippen LogP contribution < -0.4 is 5.32 Å². The Hall–Kier alpha value is -0.500. The molecule has 0 aromatic rings. The summed E-state index contributed by atoms with van der Waals surface area (Å²) >= 11 is 0. The van der Waals surface area contributed by atoms with Crippen molar-refractivity contribution in [3.63, 3.8) is 0 Å². The Balaban J connectivity index is 2.01. The molecule has 0 saturated carbocycles. The molecule has 2 nitrogen and oxygen atoms in total. The maximum absolute atomic E-state index is 3.93. The van der Waals surface area contributed by atoms with Gasteiger partial charge in [0, 0.05) is 18.8 Å². The summed E-state index contributed by atoms with van der Waals surface area (Å²) in [5.74, 6) is 0. The highest BCUT2D eigenvalue weighted by molar-refractivity contribution is 4.89. The first-order valence-corrected chi connectivity index (χ1v) is 5.47. The molecule has 0 radical (unpaired) electrons. The lowest BCUT2D eigenvalue weighted by molar-refractivity contribution is 0.231. The number of rotatable bonds is 5. The molecule has 0 atom stereocenters. The summed E-state index contributed by atoms with van der Waals surface area (Å²) in [6, 6.07) is 0. The van der Waals surface area contributed by atoms with E-state index in [2.05, 4.69) is 23.7 Å². The highest BCUT2D eigenvalue weighted by atomic mass is 15.1. The summed E-state index contributed by atoms with van der Waals surface area (Å²) in [6.45, 7) is 10.9. The van der Waals surface area contributed by atoms with E-state index in [0.29, 0.717) is 0 Å². The third-order valence-electron chi connectivity index (χ3n) is 2.68. The lowest BCUT2D eigenvalue weighted by atomic mass is 10.1. The molecule has 2 heteroatoms. The molecule has 1 fully saturated rings. The predicted molar refractivity (Wildman–Crippen MR) is 57.7 cm³/mol.